The number of aromatic nitrogens is 3. The van der Waals surface area contributed by atoms with Gasteiger partial charge in [0.05, 0.1) is 16.8 Å². The Kier molecular flexibility index (Phi) is 6.84. The first kappa shape index (κ1) is 23.4. The molecule has 1 saturated heterocycles. The van der Waals surface area contributed by atoms with Crippen molar-refractivity contribution in [3.63, 3.8) is 0 Å². The minimum atomic E-state index is -4.78. The van der Waals surface area contributed by atoms with Crippen LogP contribution in [0.5, 0.6) is 5.75 Å². The van der Waals surface area contributed by atoms with Crippen molar-refractivity contribution in [2.75, 3.05) is 16.8 Å². The molecule has 1 fully saturated rings. The molecule has 0 spiro atoms. The third-order valence-corrected chi connectivity index (χ3v) is 7.70. The number of carbonyl (C=O) groups is 1. The van der Waals surface area contributed by atoms with Crippen LogP contribution >= 0.6 is 11.8 Å². The number of ether oxygens (including phenoxy) is 1. The molecule has 13 heteroatoms. The fourth-order valence-electron chi connectivity index (χ4n) is 3.11. The Morgan fingerprint density at radius 1 is 1.32 bits per heavy atom. The summed E-state index contributed by atoms with van der Waals surface area (Å²) in [5, 5.41) is 10.8. The number of sulfone groups is 1. The summed E-state index contributed by atoms with van der Waals surface area (Å²) in [4.78, 5) is 12.4. The largest absolute Gasteiger partial charge is 0.573 e. The van der Waals surface area contributed by atoms with Crippen molar-refractivity contribution in [2.45, 2.75) is 36.5 Å². The van der Waals surface area contributed by atoms with Crippen LogP contribution in [0.25, 0.3) is 0 Å². The van der Waals surface area contributed by atoms with Crippen LogP contribution in [-0.4, -0.2) is 52.2 Å². The molecule has 1 aromatic heterocycles. The Morgan fingerprint density at radius 3 is 2.58 bits per heavy atom. The summed E-state index contributed by atoms with van der Waals surface area (Å²) in [6.07, 6.45) is -3.68. The lowest BCUT2D eigenvalue weighted by Gasteiger charge is -2.13. The zero-order valence-corrected chi connectivity index (χ0v) is 18.4. The van der Waals surface area contributed by atoms with E-state index in [0.29, 0.717) is 29.5 Å². The average molecular weight is 479 g/mol. The molecule has 2 atom stereocenters. The number of anilines is 1. The molecular formula is C18H21F3N4O4S2. The van der Waals surface area contributed by atoms with Crippen LogP contribution in [0.2, 0.25) is 0 Å². The number of hydrogen-bond donors (Lipinski definition) is 1. The van der Waals surface area contributed by atoms with Crippen LogP contribution in [0.4, 0.5) is 18.9 Å². The second-order valence-electron chi connectivity index (χ2n) is 7.25. The molecule has 1 aliphatic heterocycles. The highest BCUT2D eigenvalue weighted by Gasteiger charge is 2.31. The molecule has 1 amide bonds. The summed E-state index contributed by atoms with van der Waals surface area (Å²) in [7, 11) is -1.22. The highest BCUT2D eigenvalue weighted by atomic mass is 32.2. The van der Waals surface area contributed by atoms with Crippen LogP contribution in [0, 0.1) is 5.92 Å². The van der Waals surface area contributed by atoms with Gasteiger partial charge in [0.1, 0.15) is 11.6 Å². The predicted octanol–water partition coefficient (Wildman–Crippen LogP) is 2.81. The number of hydrogen-bond acceptors (Lipinski definition) is 7. The zero-order valence-electron chi connectivity index (χ0n) is 16.7. The van der Waals surface area contributed by atoms with E-state index in [-0.39, 0.29) is 29.1 Å². The second kappa shape index (κ2) is 9.07. The van der Waals surface area contributed by atoms with E-state index in [0.717, 1.165) is 12.1 Å². The first-order valence-electron chi connectivity index (χ1n) is 9.34. The topological polar surface area (TPSA) is 103 Å². The average Bonchev–Trinajstić information content (AvgIpc) is 3.18. The fourth-order valence-corrected chi connectivity index (χ4v) is 5.81. The predicted molar refractivity (Wildman–Crippen MR) is 109 cm³/mol. The summed E-state index contributed by atoms with van der Waals surface area (Å²) in [6, 6.07) is 4.84. The number of thioether (sulfide) groups is 1. The standard InChI is InChI=1S/C18H21F3N4O4S2/c1-11(16(26)22-13-3-5-14(6-4-13)29-18(19,20)21)30-17-24-23-15(25(17)2)9-12-7-8-31(27,28)10-12/h3-6,11-12H,7-10H2,1-2H3,(H,22,26). The van der Waals surface area contributed by atoms with Gasteiger partial charge in [0.25, 0.3) is 0 Å². The van der Waals surface area contributed by atoms with Gasteiger partial charge in [-0.15, -0.1) is 23.4 Å². The number of carbonyl (C=O) groups excluding carboxylic acids is 1. The van der Waals surface area contributed by atoms with Gasteiger partial charge in [0, 0.05) is 19.2 Å². The Morgan fingerprint density at radius 2 is 2.00 bits per heavy atom. The molecule has 3 rings (SSSR count). The molecular weight excluding hydrogens is 457 g/mol. The van der Waals surface area contributed by atoms with Crippen LogP contribution in [0.3, 0.4) is 0 Å². The van der Waals surface area contributed by atoms with E-state index in [1.54, 1.807) is 18.5 Å². The normalized spacial score (nSPS) is 19.2. The Bertz CT molecular complexity index is 1040. The quantitative estimate of drug-likeness (QED) is 0.611. The van der Waals surface area contributed by atoms with Crippen molar-refractivity contribution in [2.24, 2.45) is 13.0 Å². The van der Waals surface area contributed by atoms with E-state index < -0.39 is 21.4 Å². The lowest BCUT2D eigenvalue weighted by atomic mass is 10.1. The smallest absolute Gasteiger partial charge is 0.406 e. The summed E-state index contributed by atoms with van der Waals surface area (Å²) in [6.45, 7) is 1.67. The fraction of sp³-hybridized carbons (Fsp3) is 0.500. The van der Waals surface area contributed by atoms with Gasteiger partial charge in [0.2, 0.25) is 5.91 Å². The molecule has 0 aliphatic carbocycles. The summed E-state index contributed by atoms with van der Waals surface area (Å²) < 4.78 is 65.4. The van der Waals surface area contributed by atoms with Crippen LogP contribution in [0.15, 0.2) is 29.4 Å². The van der Waals surface area contributed by atoms with Gasteiger partial charge in [-0.1, -0.05) is 11.8 Å². The Labute approximate surface area is 181 Å². The SMILES string of the molecule is CC(Sc1nnc(CC2CCS(=O)(=O)C2)n1C)C(=O)Nc1ccc(OC(F)(F)F)cc1. The zero-order chi connectivity index (χ0) is 22.8. The maximum absolute atomic E-state index is 12.4. The lowest BCUT2D eigenvalue weighted by Crippen LogP contribution is -2.23. The van der Waals surface area contributed by atoms with Crippen molar-refractivity contribution < 1.29 is 31.1 Å². The van der Waals surface area contributed by atoms with Gasteiger partial charge in [-0.3, -0.25) is 4.79 Å². The van der Waals surface area contributed by atoms with Gasteiger partial charge in [0.15, 0.2) is 15.0 Å². The molecule has 1 aliphatic rings. The Balaban J connectivity index is 1.55. The van der Waals surface area contributed by atoms with Crippen molar-refractivity contribution in [1.82, 2.24) is 14.8 Å². The van der Waals surface area contributed by atoms with E-state index in [1.807, 2.05) is 0 Å². The number of alkyl halides is 3. The minimum Gasteiger partial charge on any atom is -0.406 e. The number of amides is 1. The summed E-state index contributed by atoms with van der Waals surface area (Å²) in [5.41, 5.74) is 0.327. The van der Waals surface area contributed by atoms with Crippen LogP contribution in [-0.2, 0) is 28.1 Å². The lowest BCUT2D eigenvalue weighted by molar-refractivity contribution is -0.274. The number of benzene rings is 1. The molecule has 170 valence electrons. The highest BCUT2D eigenvalue weighted by molar-refractivity contribution is 8.00. The molecule has 8 nitrogen and oxygen atoms in total. The third kappa shape index (κ3) is 6.60. The first-order chi connectivity index (χ1) is 14.4. The van der Waals surface area contributed by atoms with Gasteiger partial charge >= 0.3 is 6.36 Å². The Hall–Kier alpha value is -2.28. The molecule has 2 unspecified atom stereocenters. The van der Waals surface area contributed by atoms with Crippen molar-refractivity contribution >= 4 is 33.2 Å². The van der Waals surface area contributed by atoms with E-state index in [2.05, 4.69) is 20.3 Å². The van der Waals surface area contributed by atoms with Crippen molar-refractivity contribution in [1.29, 1.82) is 0 Å². The van der Waals surface area contributed by atoms with Gasteiger partial charge < -0.3 is 14.6 Å². The molecule has 2 aromatic rings. The molecule has 0 bridgehead atoms. The van der Waals surface area contributed by atoms with E-state index in [4.69, 9.17) is 0 Å². The maximum Gasteiger partial charge on any atom is 0.573 e. The number of nitrogens with one attached hydrogen (secondary N) is 1. The second-order valence-corrected chi connectivity index (χ2v) is 10.8. The van der Waals surface area contributed by atoms with Crippen molar-refractivity contribution in [3.05, 3.63) is 30.1 Å². The number of halogens is 3. The molecule has 31 heavy (non-hydrogen) atoms. The number of rotatable bonds is 7. The maximum atomic E-state index is 12.4. The number of nitrogens with zero attached hydrogens (tertiary/aromatic N) is 3. The van der Waals surface area contributed by atoms with E-state index in [9.17, 15) is 26.4 Å². The van der Waals surface area contributed by atoms with Gasteiger partial charge in [-0.2, -0.15) is 0 Å². The van der Waals surface area contributed by atoms with E-state index >= 15 is 0 Å². The van der Waals surface area contributed by atoms with Crippen LogP contribution in [0.1, 0.15) is 19.2 Å². The summed E-state index contributed by atoms with van der Waals surface area (Å²) >= 11 is 1.17. The van der Waals surface area contributed by atoms with Gasteiger partial charge in [-0.25, -0.2) is 8.42 Å². The van der Waals surface area contributed by atoms with Crippen LogP contribution < -0.4 is 10.1 Å². The minimum absolute atomic E-state index is 0.00997. The monoisotopic (exact) mass is 478 g/mol. The molecule has 2 heterocycles. The summed E-state index contributed by atoms with van der Waals surface area (Å²) in [5.74, 6) is 0.259. The van der Waals surface area contributed by atoms with E-state index in [1.165, 1.54) is 23.9 Å². The molecule has 0 radical (unpaired) electrons. The first-order valence-corrected chi connectivity index (χ1v) is 12.0. The molecule has 0 saturated carbocycles. The highest BCUT2D eigenvalue weighted by Crippen LogP contribution is 2.27. The molecule has 1 aromatic carbocycles. The third-order valence-electron chi connectivity index (χ3n) is 4.73. The molecule has 1 N–H and O–H groups in total. The van der Waals surface area contributed by atoms with Crippen molar-refractivity contribution in [3.8, 4) is 5.75 Å². The van der Waals surface area contributed by atoms with Gasteiger partial charge in [-0.05, 0) is 43.5 Å².